The van der Waals surface area contributed by atoms with Gasteiger partial charge in [0.25, 0.3) is 0 Å². The van der Waals surface area contributed by atoms with E-state index in [0.717, 1.165) is 12.3 Å². The highest BCUT2D eigenvalue weighted by Gasteiger charge is 2.24. The number of hydrogen-bond acceptors (Lipinski definition) is 3. The van der Waals surface area contributed by atoms with E-state index in [1.807, 2.05) is 19.3 Å². The molecule has 88 valence electrons. The number of methoxy groups -OCH3 is 1. The van der Waals surface area contributed by atoms with Crippen LogP contribution in [0.15, 0.2) is 18.3 Å². The molecular formula is C13H20N2O. The number of nitrogens with one attached hydrogen (secondary N) is 1. The van der Waals surface area contributed by atoms with Crippen molar-refractivity contribution in [1.82, 2.24) is 10.3 Å². The molecule has 2 rings (SSSR count). The number of hydrogen-bond donors (Lipinski definition) is 1. The predicted octanol–water partition coefficient (Wildman–Crippen LogP) is 2.02. The van der Waals surface area contributed by atoms with Crippen molar-refractivity contribution >= 4 is 0 Å². The van der Waals surface area contributed by atoms with Crippen molar-refractivity contribution in [3.8, 4) is 5.88 Å². The molecule has 16 heavy (non-hydrogen) atoms. The molecule has 0 aromatic carbocycles. The normalized spacial score (nSPS) is 17.1. The van der Waals surface area contributed by atoms with E-state index < -0.39 is 0 Å². The van der Waals surface area contributed by atoms with E-state index >= 15 is 0 Å². The lowest BCUT2D eigenvalue weighted by molar-refractivity contribution is 0.397. The second kappa shape index (κ2) is 5.30. The third kappa shape index (κ3) is 3.20. The number of pyridine rings is 1. The number of aromatic nitrogens is 1. The first-order chi connectivity index (χ1) is 7.81. The van der Waals surface area contributed by atoms with Crippen molar-refractivity contribution in [1.29, 1.82) is 0 Å². The Labute approximate surface area is 97.2 Å². The van der Waals surface area contributed by atoms with Crippen molar-refractivity contribution in [2.45, 2.75) is 31.7 Å². The largest absolute Gasteiger partial charge is 0.481 e. The van der Waals surface area contributed by atoms with Crippen LogP contribution in [0.5, 0.6) is 5.88 Å². The Balaban J connectivity index is 1.89. The van der Waals surface area contributed by atoms with Crippen LogP contribution < -0.4 is 10.1 Å². The molecule has 1 unspecified atom stereocenters. The Kier molecular flexibility index (Phi) is 3.78. The number of nitrogens with zero attached hydrogens (tertiary/aromatic N) is 1. The van der Waals surface area contributed by atoms with Gasteiger partial charge in [0, 0.05) is 18.3 Å². The van der Waals surface area contributed by atoms with Crippen molar-refractivity contribution in [2.75, 3.05) is 14.2 Å². The topological polar surface area (TPSA) is 34.1 Å². The van der Waals surface area contributed by atoms with Crippen LogP contribution in [-0.2, 0) is 6.42 Å². The zero-order chi connectivity index (χ0) is 11.4. The van der Waals surface area contributed by atoms with Gasteiger partial charge in [0.1, 0.15) is 0 Å². The van der Waals surface area contributed by atoms with Gasteiger partial charge >= 0.3 is 0 Å². The van der Waals surface area contributed by atoms with Crippen molar-refractivity contribution < 1.29 is 4.74 Å². The quantitative estimate of drug-likeness (QED) is 0.796. The molecule has 1 fully saturated rings. The molecule has 0 spiro atoms. The Hall–Kier alpha value is -1.09. The molecule has 1 aromatic heterocycles. The summed E-state index contributed by atoms with van der Waals surface area (Å²) in [5.74, 6) is 1.65. The fourth-order valence-corrected chi connectivity index (χ4v) is 2.00. The smallest absolute Gasteiger partial charge is 0.212 e. The summed E-state index contributed by atoms with van der Waals surface area (Å²) < 4.78 is 5.05. The number of rotatable bonds is 6. The van der Waals surface area contributed by atoms with E-state index in [4.69, 9.17) is 4.74 Å². The second-order valence-corrected chi connectivity index (χ2v) is 4.58. The summed E-state index contributed by atoms with van der Waals surface area (Å²) in [5, 5.41) is 3.39. The molecule has 0 saturated heterocycles. The molecule has 0 bridgehead atoms. The predicted molar refractivity (Wildman–Crippen MR) is 64.7 cm³/mol. The summed E-state index contributed by atoms with van der Waals surface area (Å²) in [7, 11) is 3.69. The van der Waals surface area contributed by atoms with Crippen LogP contribution in [0.25, 0.3) is 0 Å². The molecule has 1 N–H and O–H groups in total. The van der Waals surface area contributed by atoms with Gasteiger partial charge in [-0.2, -0.15) is 0 Å². The van der Waals surface area contributed by atoms with Crippen LogP contribution in [0, 0.1) is 5.92 Å². The lowest BCUT2D eigenvalue weighted by Crippen LogP contribution is -2.28. The van der Waals surface area contributed by atoms with Gasteiger partial charge in [-0.1, -0.05) is 18.9 Å². The highest BCUT2D eigenvalue weighted by molar-refractivity contribution is 5.18. The molecule has 0 amide bonds. The SMILES string of the molecule is CNC(Cc1ccc(OC)nc1)CC1CC1. The maximum Gasteiger partial charge on any atom is 0.212 e. The molecule has 0 aliphatic heterocycles. The van der Waals surface area contributed by atoms with E-state index in [-0.39, 0.29) is 0 Å². The van der Waals surface area contributed by atoms with Crippen LogP contribution >= 0.6 is 0 Å². The fourth-order valence-electron chi connectivity index (χ4n) is 2.00. The molecule has 3 nitrogen and oxygen atoms in total. The Morgan fingerprint density at radius 1 is 1.50 bits per heavy atom. The van der Waals surface area contributed by atoms with Crippen LogP contribution in [0.3, 0.4) is 0 Å². The van der Waals surface area contributed by atoms with Gasteiger partial charge in [-0.3, -0.25) is 0 Å². The van der Waals surface area contributed by atoms with E-state index in [1.165, 1.54) is 24.8 Å². The number of ether oxygens (including phenoxy) is 1. The Morgan fingerprint density at radius 2 is 2.31 bits per heavy atom. The fraction of sp³-hybridized carbons (Fsp3) is 0.615. The zero-order valence-corrected chi connectivity index (χ0v) is 10.1. The molecule has 1 atom stereocenters. The van der Waals surface area contributed by atoms with Gasteiger partial charge in [-0.15, -0.1) is 0 Å². The van der Waals surface area contributed by atoms with Gasteiger partial charge in [0.2, 0.25) is 5.88 Å². The van der Waals surface area contributed by atoms with Gasteiger partial charge in [-0.05, 0) is 31.4 Å². The third-order valence-corrected chi connectivity index (χ3v) is 3.21. The van der Waals surface area contributed by atoms with Crippen molar-refractivity contribution in [3.63, 3.8) is 0 Å². The highest BCUT2D eigenvalue weighted by atomic mass is 16.5. The Bertz CT molecular complexity index is 319. The average Bonchev–Trinajstić information content (AvgIpc) is 3.13. The van der Waals surface area contributed by atoms with E-state index in [1.54, 1.807) is 7.11 Å². The van der Waals surface area contributed by atoms with E-state index in [9.17, 15) is 0 Å². The second-order valence-electron chi connectivity index (χ2n) is 4.58. The maximum atomic E-state index is 5.05. The zero-order valence-electron chi connectivity index (χ0n) is 10.1. The van der Waals surface area contributed by atoms with Crippen LogP contribution in [-0.4, -0.2) is 25.2 Å². The van der Waals surface area contributed by atoms with Gasteiger partial charge in [0.15, 0.2) is 0 Å². The van der Waals surface area contributed by atoms with Crippen molar-refractivity contribution in [2.24, 2.45) is 5.92 Å². The minimum atomic E-state index is 0.586. The summed E-state index contributed by atoms with van der Waals surface area (Å²) in [6.07, 6.45) is 7.10. The molecule has 1 aliphatic rings. The number of likely N-dealkylation sites (N-methyl/N-ethyl adjacent to an activating group) is 1. The molecule has 1 heterocycles. The molecule has 1 aliphatic carbocycles. The van der Waals surface area contributed by atoms with Gasteiger partial charge in [-0.25, -0.2) is 4.98 Å². The Morgan fingerprint density at radius 3 is 2.81 bits per heavy atom. The lowest BCUT2D eigenvalue weighted by atomic mass is 10.0. The average molecular weight is 220 g/mol. The first-order valence-electron chi connectivity index (χ1n) is 5.98. The van der Waals surface area contributed by atoms with E-state index in [2.05, 4.69) is 16.4 Å². The molecule has 3 heteroatoms. The van der Waals surface area contributed by atoms with Crippen molar-refractivity contribution in [3.05, 3.63) is 23.9 Å². The van der Waals surface area contributed by atoms with Gasteiger partial charge in [0.05, 0.1) is 7.11 Å². The summed E-state index contributed by atoms with van der Waals surface area (Å²) >= 11 is 0. The van der Waals surface area contributed by atoms with Gasteiger partial charge < -0.3 is 10.1 Å². The minimum absolute atomic E-state index is 0.586. The van der Waals surface area contributed by atoms with E-state index in [0.29, 0.717) is 11.9 Å². The third-order valence-electron chi connectivity index (χ3n) is 3.21. The standard InChI is InChI=1S/C13H20N2O/c1-14-12(7-10-3-4-10)8-11-5-6-13(16-2)15-9-11/h5-6,9-10,12,14H,3-4,7-8H2,1-2H3. The summed E-state index contributed by atoms with van der Waals surface area (Å²) in [6.45, 7) is 0. The highest BCUT2D eigenvalue weighted by Crippen LogP contribution is 2.34. The first-order valence-corrected chi connectivity index (χ1v) is 5.98. The molecular weight excluding hydrogens is 200 g/mol. The summed E-state index contributed by atoms with van der Waals surface area (Å²) in [5.41, 5.74) is 1.28. The van der Waals surface area contributed by atoms with Crippen LogP contribution in [0.4, 0.5) is 0 Å². The maximum absolute atomic E-state index is 5.05. The lowest BCUT2D eigenvalue weighted by Gasteiger charge is -2.15. The minimum Gasteiger partial charge on any atom is -0.481 e. The first kappa shape index (κ1) is 11.4. The molecule has 1 aromatic rings. The monoisotopic (exact) mass is 220 g/mol. The van der Waals surface area contributed by atoms with Crippen LogP contribution in [0.2, 0.25) is 0 Å². The summed E-state index contributed by atoms with van der Waals surface area (Å²) in [4.78, 5) is 4.23. The van der Waals surface area contributed by atoms with Crippen LogP contribution in [0.1, 0.15) is 24.8 Å². The molecule has 0 radical (unpaired) electrons. The molecule has 1 saturated carbocycles. The summed E-state index contributed by atoms with van der Waals surface area (Å²) in [6, 6.07) is 4.62.